The quantitative estimate of drug-likeness (QED) is 0.810. The number of aromatic nitrogens is 2. The van der Waals surface area contributed by atoms with Gasteiger partial charge in [0.2, 0.25) is 0 Å². The van der Waals surface area contributed by atoms with Crippen molar-refractivity contribution in [2.24, 2.45) is 0 Å². The Balaban J connectivity index is 2.57. The van der Waals surface area contributed by atoms with Gasteiger partial charge in [0.1, 0.15) is 17.3 Å². The maximum absolute atomic E-state index is 13.6. The summed E-state index contributed by atoms with van der Waals surface area (Å²) in [6, 6.07) is 2.71. The smallest absolute Gasteiger partial charge is 0.433 e. The Kier molecular flexibility index (Phi) is 3.13. The molecule has 2 aromatic rings. The van der Waals surface area contributed by atoms with Crippen LogP contribution in [0.25, 0.3) is 11.4 Å². The molecule has 0 aliphatic carbocycles. The number of hydrogen-bond donors (Lipinski definition) is 1. The van der Waals surface area contributed by atoms with E-state index in [0.717, 1.165) is 12.3 Å². The molecule has 7 heteroatoms. The Hall–Kier alpha value is -2.18. The van der Waals surface area contributed by atoms with Gasteiger partial charge in [-0.3, -0.25) is 0 Å². The van der Waals surface area contributed by atoms with Gasteiger partial charge < -0.3 is 5.11 Å². The molecule has 3 nitrogen and oxygen atoms in total. The molecule has 19 heavy (non-hydrogen) atoms. The van der Waals surface area contributed by atoms with E-state index in [4.69, 9.17) is 0 Å². The van der Waals surface area contributed by atoms with Crippen molar-refractivity contribution in [2.45, 2.75) is 13.1 Å². The van der Waals surface area contributed by atoms with E-state index >= 15 is 0 Å². The molecule has 0 aliphatic rings. The Morgan fingerprint density at radius 2 is 1.89 bits per heavy atom. The lowest BCUT2D eigenvalue weighted by Crippen LogP contribution is -2.09. The number of rotatable bonds is 1. The van der Waals surface area contributed by atoms with Crippen molar-refractivity contribution < 1.29 is 22.7 Å². The van der Waals surface area contributed by atoms with Gasteiger partial charge in [0.25, 0.3) is 0 Å². The average molecular weight is 272 g/mol. The number of phenolic OH excluding ortho intramolecular Hbond substituents is 1. The summed E-state index contributed by atoms with van der Waals surface area (Å²) in [6.45, 7) is 1.49. The minimum Gasteiger partial charge on any atom is -0.508 e. The molecule has 0 atom stereocenters. The first-order valence-corrected chi connectivity index (χ1v) is 5.19. The van der Waals surface area contributed by atoms with Crippen LogP contribution in [0.3, 0.4) is 0 Å². The Labute approximate surface area is 105 Å². The van der Waals surface area contributed by atoms with E-state index in [1.54, 1.807) is 0 Å². The molecule has 0 unspecified atom stereocenters. The van der Waals surface area contributed by atoms with Crippen LogP contribution in [-0.2, 0) is 6.18 Å². The molecule has 0 saturated carbocycles. The lowest BCUT2D eigenvalue weighted by molar-refractivity contribution is -0.141. The summed E-state index contributed by atoms with van der Waals surface area (Å²) in [7, 11) is 0. The minimum absolute atomic E-state index is 0.193. The maximum atomic E-state index is 13.6. The molecule has 0 radical (unpaired) electrons. The second kappa shape index (κ2) is 4.49. The molecular weight excluding hydrogens is 264 g/mol. The molecule has 0 aliphatic heterocycles. The van der Waals surface area contributed by atoms with Gasteiger partial charge in [-0.2, -0.15) is 13.2 Å². The van der Waals surface area contributed by atoms with Gasteiger partial charge in [0.05, 0.1) is 5.56 Å². The highest BCUT2D eigenvalue weighted by molar-refractivity contribution is 5.59. The number of alkyl halides is 3. The standard InChI is InChI=1S/C12H8F4N2O/c1-6-4-7(8(13)5-9(6)19)11-17-3-2-10(18-11)12(14,15)16/h2-5,19H,1H3. The van der Waals surface area contributed by atoms with E-state index in [0.29, 0.717) is 11.6 Å². The number of hydrogen-bond acceptors (Lipinski definition) is 3. The van der Waals surface area contributed by atoms with E-state index in [1.165, 1.54) is 13.0 Å². The van der Waals surface area contributed by atoms with E-state index in [9.17, 15) is 22.7 Å². The monoisotopic (exact) mass is 272 g/mol. The van der Waals surface area contributed by atoms with Crippen molar-refractivity contribution in [3.05, 3.63) is 41.5 Å². The molecular formula is C12H8F4N2O. The van der Waals surface area contributed by atoms with Crippen LogP contribution in [0.4, 0.5) is 17.6 Å². The highest BCUT2D eigenvalue weighted by Gasteiger charge is 2.33. The van der Waals surface area contributed by atoms with Crippen molar-refractivity contribution in [1.29, 1.82) is 0 Å². The zero-order chi connectivity index (χ0) is 14.2. The van der Waals surface area contributed by atoms with Crippen molar-refractivity contribution >= 4 is 0 Å². The third-order valence-corrected chi connectivity index (χ3v) is 2.47. The maximum Gasteiger partial charge on any atom is 0.433 e. The van der Waals surface area contributed by atoms with Gasteiger partial charge in [-0.1, -0.05) is 0 Å². The lowest BCUT2D eigenvalue weighted by Gasteiger charge is -2.08. The molecule has 0 amide bonds. The fraction of sp³-hybridized carbons (Fsp3) is 0.167. The lowest BCUT2D eigenvalue weighted by atomic mass is 10.1. The number of phenols is 1. The van der Waals surface area contributed by atoms with Crippen molar-refractivity contribution in [3.63, 3.8) is 0 Å². The van der Waals surface area contributed by atoms with Crippen LogP contribution in [-0.4, -0.2) is 15.1 Å². The van der Waals surface area contributed by atoms with Crippen molar-refractivity contribution in [2.75, 3.05) is 0 Å². The average Bonchev–Trinajstić information content (AvgIpc) is 2.33. The Bertz CT molecular complexity index is 626. The van der Waals surface area contributed by atoms with E-state index < -0.39 is 17.7 Å². The van der Waals surface area contributed by atoms with Crippen LogP contribution in [0.5, 0.6) is 5.75 Å². The molecule has 1 N–H and O–H groups in total. The number of benzene rings is 1. The molecule has 0 saturated heterocycles. The summed E-state index contributed by atoms with van der Waals surface area (Å²) in [5.74, 6) is -1.55. The summed E-state index contributed by atoms with van der Waals surface area (Å²) >= 11 is 0. The zero-order valence-electron chi connectivity index (χ0n) is 9.66. The predicted molar refractivity (Wildman–Crippen MR) is 58.8 cm³/mol. The normalized spacial score (nSPS) is 11.6. The molecule has 0 fully saturated rings. The molecule has 0 bridgehead atoms. The second-order valence-corrected chi connectivity index (χ2v) is 3.88. The number of aryl methyl sites for hydroxylation is 1. The molecule has 100 valence electrons. The van der Waals surface area contributed by atoms with Gasteiger partial charge in [-0.25, -0.2) is 14.4 Å². The largest absolute Gasteiger partial charge is 0.508 e. The van der Waals surface area contributed by atoms with Crippen LogP contribution >= 0.6 is 0 Å². The summed E-state index contributed by atoms with van der Waals surface area (Å²) in [6.07, 6.45) is -3.72. The van der Waals surface area contributed by atoms with Gasteiger partial charge in [-0.15, -0.1) is 0 Å². The summed E-state index contributed by atoms with van der Waals surface area (Å²) in [4.78, 5) is 6.91. The first-order valence-electron chi connectivity index (χ1n) is 5.19. The highest BCUT2D eigenvalue weighted by atomic mass is 19.4. The van der Waals surface area contributed by atoms with Gasteiger partial charge in [-0.05, 0) is 24.6 Å². The van der Waals surface area contributed by atoms with Crippen molar-refractivity contribution in [3.8, 4) is 17.1 Å². The molecule has 1 aromatic carbocycles. The van der Waals surface area contributed by atoms with E-state index in [-0.39, 0.29) is 17.1 Å². The molecule has 2 rings (SSSR count). The van der Waals surface area contributed by atoms with Crippen LogP contribution < -0.4 is 0 Å². The number of aromatic hydroxyl groups is 1. The highest BCUT2D eigenvalue weighted by Crippen LogP contribution is 2.30. The van der Waals surface area contributed by atoms with Crippen LogP contribution in [0.15, 0.2) is 24.4 Å². The van der Waals surface area contributed by atoms with Crippen LogP contribution in [0.2, 0.25) is 0 Å². The van der Waals surface area contributed by atoms with E-state index in [2.05, 4.69) is 9.97 Å². The van der Waals surface area contributed by atoms with Crippen LogP contribution in [0.1, 0.15) is 11.3 Å². The molecule has 1 aromatic heterocycles. The Morgan fingerprint density at radius 3 is 2.53 bits per heavy atom. The topological polar surface area (TPSA) is 46.0 Å². The number of halogens is 4. The fourth-order valence-corrected chi connectivity index (χ4v) is 1.49. The second-order valence-electron chi connectivity index (χ2n) is 3.88. The zero-order valence-corrected chi connectivity index (χ0v) is 9.66. The summed E-state index contributed by atoms with van der Waals surface area (Å²) in [5.41, 5.74) is -1.03. The fourth-order valence-electron chi connectivity index (χ4n) is 1.49. The molecule has 0 spiro atoms. The van der Waals surface area contributed by atoms with Gasteiger partial charge >= 0.3 is 6.18 Å². The third-order valence-electron chi connectivity index (χ3n) is 2.47. The molecule has 1 heterocycles. The Morgan fingerprint density at radius 1 is 1.21 bits per heavy atom. The van der Waals surface area contributed by atoms with Crippen LogP contribution in [0, 0.1) is 12.7 Å². The summed E-state index contributed by atoms with van der Waals surface area (Å²) in [5, 5.41) is 9.29. The number of nitrogens with zero attached hydrogens (tertiary/aromatic N) is 2. The van der Waals surface area contributed by atoms with E-state index in [1.807, 2.05) is 0 Å². The third kappa shape index (κ3) is 2.64. The SMILES string of the molecule is Cc1cc(-c2nccc(C(F)(F)F)n2)c(F)cc1O. The van der Waals surface area contributed by atoms with Gasteiger partial charge in [0.15, 0.2) is 5.82 Å². The first-order chi connectivity index (χ1) is 8.79. The summed E-state index contributed by atoms with van der Waals surface area (Å²) < 4.78 is 51.1. The predicted octanol–water partition coefficient (Wildman–Crippen LogP) is 3.32. The van der Waals surface area contributed by atoms with Gasteiger partial charge in [0, 0.05) is 12.3 Å². The minimum atomic E-state index is -4.62. The van der Waals surface area contributed by atoms with Crippen molar-refractivity contribution in [1.82, 2.24) is 9.97 Å². The first kappa shape index (κ1) is 13.3.